The van der Waals surface area contributed by atoms with Crippen LogP contribution in [0, 0.1) is 5.82 Å². The van der Waals surface area contributed by atoms with Gasteiger partial charge < -0.3 is 9.84 Å². The zero-order valence-corrected chi connectivity index (χ0v) is 11.6. The first-order valence-electron chi connectivity index (χ1n) is 6.60. The second-order valence-electron chi connectivity index (χ2n) is 4.59. The van der Waals surface area contributed by atoms with Crippen molar-refractivity contribution < 1.29 is 14.2 Å². The number of pyridine rings is 1. The second kappa shape index (κ2) is 6.48. The van der Waals surface area contributed by atoms with E-state index in [0.29, 0.717) is 5.75 Å². The summed E-state index contributed by atoms with van der Waals surface area (Å²) in [4.78, 5) is 4.28. The Labute approximate surface area is 118 Å². The third-order valence-electron chi connectivity index (χ3n) is 3.26. The third kappa shape index (κ3) is 3.14. The van der Waals surface area contributed by atoms with Gasteiger partial charge in [0.05, 0.1) is 18.8 Å². The molecule has 0 saturated heterocycles. The van der Waals surface area contributed by atoms with E-state index in [1.54, 1.807) is 18.3 Å². The molecule has 4 heteroatoms. The standard InChI is InChI=1S/C16H18FNO2/c1-3-11-7-8-12(18-10-11)9-14(19)16-13(17)5-4-6-15(16)20-2/h4-8,10,14,19H,3,9H2,1-2H3. The molecule has 2 aromatic rings. The van der Waals surface area contributed by atoms with Crippen LogP contribution in [0.2, 0.25) is 0 Å². The molecule has 0 spiro atoms. The van der Waals surface area contributed by atoms with Gasteiger partial charge in [0.15, 0.2) is 0 Å². The fraction of sp³-hybridized carbons (Fsp3) is 0.312. The van der Waals surface area contributed by atoms with Gasteiger partial charge in [-0.3, -0.25) is 4.98 Å². The third-order valence-corrected chi connectivity index (χ3v) is 3.26. The number of benzene rings is 1. The predicted molar refractivity (Wildman–Crippen MR) is 75.2 cm³/mol. The summed E-state index contributed by atoms with van der Waals surface area (Å²) in [6, 6.07) is 8.33. The summed E-state index contributed by atoms with van der Waals surface area (Å²) in [6.45, 7) is 2.05. The molecule has 0 amide bonds. The highest BCUT2D eigenvalue weighted by Gasteiger charge is 2.19. The van der Waals surface area contributed by atoms with E-state index in [4.69, 9.17) is 4.74 Å². The normalized spacial score (nSPS) is 12.2. The highest BCUT2D eigenvalue weighted by Crippen LogP contribution is 2.29. The molecule has 0 aliphatic heterocycles. The van der Waals surface area contributed by atoms with Crippen molar-refractivity contribution in [2.75, 3.05) is 7.11 Å². The fourth-order valence-corrected chi connectivity index (χ4v) is 2.10. The van der Waals surface area contributed by atoms with E-state index in [1.165, 1.54) is 13.2 Å². The van der Waals surface area contributed by atoms with Gasteiger partial charge >= 0.3 is 0 Å². The Kier molecular flexibility index (Phi) is 4.69. The van der Waals surface area contributed by atoms with E-state index < -0.39 is 11.9 Å². The van der Waals surface area contributed by atoms with Crippen LogP contribution in [0.5, 0.6) is 5.75 Å². The summed E-state index contributed by atoms with van der Waals surface area (Å²) in [5.41, 5.74) is 2.03. The van der Waals surface area contributed by atoms with Crippen LogP contribution in [-0.4, -0.2) is 17.2 Å². The SMILES string of the molecule is CCc1ccc(CC(O)c2c(F)cccc2OC)nc1. The van der Waals surface area contributed by atoms with Crippen molar-refractivity contribution in [3.05, 3.63) is 59.2 Å². The molecule has 1 aromatic carbocycles. The Morgan fingerprint density at radius 3 is 2.70 bits per heavy atom. The van der Waals surface area contributed by atoms with Gasteiger partial charge in [-0.25, -0.2) is 4.39 Å². The van der Waals surface area contributed by atoms with Crippen LogP contribution in [0.25, 0.3) is 0 Å². The van der Waals surface area contributed by atoms with Crippen molar-refractivity contribution in [2.45, 2.75) is 25.9 Å². The van der Waals surface area contributed by atoms with Crippen molar-refractivity contribution in [3.8, 4) is 5.75 Å². The van der Waals surface area contributed by atoms with E-state index in [0.717, 1.165) is 17.7 Å². The molecule has 0 aliphatic rings. The lowest BCUT2D eigenvalue weighted by atomic mass is 10.0. The van der Waals surface area contributed by atoms with Gasteiger partial charge in [0, 0.05) is 18.3 Å². The first-order chi connectivity index (χ1) is 9.65. The van der Waals surface area contributed by atoms with Crippen molar-refractivity contribution in [1.82, 2.24) is 4.98 Å². The number of rotatable bonds is 5. The van der Waals surface area contributed by atoms with Crippen LogP contribution in [-0.2, 0) is 12.8 Å². The van der Waals surface area contributed by atoms with Gasteiger partial charge in [-0.1, -0.05) is 19.1 Å². The summed E-state index contributed by atoms with van der Waals surface area (Å²) in [7, 11) is 1.46. The van der Waals surface area contributed by atoms with Crippen molar-refractivity contribution >= 4 is 0 Å². The minimum atomic E-state index is -0.980. The van der Waals surface area contributed by atoms with Crippen LogP contribution in [0.3, 0.4) is 0 Å². The monoisotopic (exact) mass is 275 g/mol. The molecule has 106 valence electrons. The van der Waals surface area contributed by atoms with Crippen LogP contribution >= 0.6 is 0 Å². The zero-order valence-electron chi connectivity index (χ0n) is 11.6. The minimum Gasteiger partial charge on any atom is -0.496 e. The Balaban J connectivity index is 2.21. The number of aliphatic hydroxyl groups excluding tert-OH is 1. The van der Waals surface area contributed by atoms with E-state index in [2.05, 4.69) is 11.9 Å². The molecule has 3 nitrogen and oxygen atoms in total. The Morgan fingerprint density at radius 1 is 1.30 bits per heavy atom. The highest BCUT2D eigenvalue weighted by atomic mass is 19.1. The number of halogens is 1. The van der Waals surface area contributed by atoms with E-state index in [9.17, 15) is 9.50 Å². The molecule has 0 radical (unpaired) electrons. The van der Waals surface area contributed by atoms with Crippen molar-refractivity contribution in [1.29, 1.82) is 0 Å². The van der Waals surface area contributed by atoms with E-state index in [1.807, 2.05) is 12.1 Å². The Bertz CT molecular complexity index is 569. The summed E-state index contributed by atoms with van der Waals surface area (Å²) in [5.74, 6) is -0.121. The molecule has 0 fully saturated rings. The average Bonchev–Trinajstić information content (AvgIpc) is 2.47. The number of aromatic nitrogens is 1. The molecule has 1 atom stereocenters. The summed E-state index contributed by atoms with van der Waals surface area (Å²) < 4.78 is 18.9. The smallest absolute Gasteiger partial charge is 0.132 e. The number of aliphatic hydroxyl groups is 1. The van der Waals surface area contributed by atoms with Crippen LogP contribution in [0.4, 0.5) is 4.39 Å². The van der Waals surface area contributed by atoms with E-state index >= 15 is 0 Å². The quantitative estimate of drug-likeness (QED) is 0.912. The average molecular weight is 275 g/mol. The molecule has 1 aromatic heterocycles. The minimum absolute atomic E-state index is 0.177. The predicted octanol–water partition coefficient (Wildman–Crippen LogP) is 3.07. The van der Waals surface area contributed by atoms with Crippen molar-refractivity contribution in [3.63, 3.8) is 0 Å². The Hall–Kier alpha value is -1.94. The van der Waals surface area contributed by atoms with Gasteiger partial charge in [-0.2, -0.15) is 0 Å². The molecule has 20 heavy (non-hydrogen) atoms. The molecule has 1 heterocycles. The maximum absolute atomic E-state index is 13.8. The molecule has 1 unspecified atom stereocenters. The number of hydrogen-bond acceptors (Lipinski definition) is 3. The van der Waals surface area contributed by atoms with Gasteiger partial charge in [0.1, 0.15) is 11.6 Å². The van der Waals surface area contributed by atoms with Crippen LogP contribution < -0.4 is 4.74 Å². The maximum atomic E-state index is 13.8. The second-order valence-corrected chi connectivity index (χ2v) is 4.59. The lowest BCUT2D eigenvalue weighted by Gasteiger charge is -2.15. The molecular weight excluding hydrogens is 257 g/mol. The largest absolute Gasteiger partial charge is 0.496 e. The molecule has 0 aliphatic carbocycles. The molecule has 1 N–H and O–H groups in total. The summed E-state index contributed by atoms with van der Waals surface area (Å²) >= 11 is 0. The van der Waals surface area contributed by atoms with Crippen LogP contribution in [0.1, 0.15) is 29.8 Å². The number of ether oxygens (including phenoxy) is 1. The first kappa shape index (κ1) is 14.5. The number of aryl methyl sites for hydroxylation is 1. The number of hydrogen-bond donors (Lipinski definition) is 1. The van der Waals surface area contributed by atoms with Gasteiger partial charge in [-0.15, -0.1) is 0 Å². The summed E-state index contributed by atoms with van der Waals surface area (Å²) in [5, 5.41) is 10.2. The van der Waals surface area contributed by atoms with Crippen molar-refractivity contribution in [2.24, 2.45) is 0 Å². The molecular formula is C16H18FNO2. The van der Waals surface area contributed by atoms with E-state index in [-0.39, 0.29) is 12.0 Å². The molecule has 2 rings (SSSR count). The topological polar surface area (TPSA) is 42.4 Å². The molecule has 0 bridgehead atoms. The fourth-order valence-electron chi connectivity index (χ4n) is 2.10. The van der Waals surface area contributed by atoms with Crippen LogP contribution in [0.15, 0.2) is 36.5 Å². The first-order valence-corrected chi connectivity index (χ1v) is 6.60. The maximum Gasteiger partial charge on any atom is 0.132 e. The highest BCUT2D eigenvalue weighted by molar-refractivity contribution is 5.37. The van der Waals surface area contributed by atoms with Gasteiger partial charge in [0.2, 0.25) is 0 Å². The lowest BCUT2D eigenvalue weighted by Crippen LogP contribution is -2.08. The van der Waals surface area contributed by atoms with Gasteiger partial charge in [-0.05, 0) is 30.2 Å². The number of nitrogens with zero attached hydrogens (tertiary/aromatic N) is 1. The zero-order chi connectivity index (χ0) is 14.5. The lowest BCUT2D eigenvalue weighted by molar-refractivity contribution is 0.167. The number of methoxy groups -OCH3 is 1. The Morgan fingerprint density at radius 2 is 2.10 bits per heavy atom. The van der Waals surface area contributed by atoms with Gasteiger partial charge in [0.25, 0.3) is 0 Å². The molecule has 0 saturated carbocycles. The summed E-state index contributed by atoms with van der Waals surface area (Å²) in [6.07, 6.45) is 1.96.